The topological polar surface area (TPSA) is 64.3 Å². The van der Waals surface area contributed by atoms with Gasteiger partial charge in [0.05, 0.1) is 0 Å². The Hall–Kier alpha value is -2.08. The van der Waals surface area contributed by atoms with Crippen LogP contribution >= 0.6 is 15.9 Å². The maximum Gasteiger partial charge on any atom is 0.262 e. The van der Waals surface area contributed by atoms with Gasteiger partial charge >= 0.3 is 0 Å². The molecule has 0 aliphatic carbocycles. The number of nitrogens with one attached hydrogen (secondary N) is 1. The molecule has 20 heavy (non-hydrogen) atoms. The van der Waals surface area contributed by atoms with Crippen LogP contribution in [0.5, 0.6) is 5.75 Å². The summed E-state index contributed by atoms with van der Waals surface area (Å²) in [7, 11) is 0. The van der Waals surface area contributed by atoms with Gasteiger partial charge in [-0.3, -0.25) is 4.79 Å². The number of hydrogen-bond acceptors (Lipinski definition) is 3. The third-order valence-corrected chi connectivity index (χ3v) is 2.92. The van der Waals surface area contributed by atoms with E-state index in [1.54, 1.807) is 18.2 Å². The van der Waals surface area contributed by atoms with Gasteiger partial charge in [-0.15, -0.1) is 0 Å². The molecule has 0 saturated carbocycles. The second-order valence-corrected chi connectivity index (χ2v) is 4.95. The number of amides is 1. The summed E-state index contributed by atoms with van der Waals surface area (Å²) < 4.78 is 19.4. The summed E-state index contributed by atoms with van der Waals surface area (Å²) in [5, 5.41) is 2.64. The van der Waals surface area contributed by atoms with Crippen LogP contribution in [0.25, 0.3) is 0 Å². The second kappa shape index (κ2) is 6.38. The van der Waals surface area contributed by atoms with Gasteiger partial charge < -0.3 is 15.8 Å². The number of halogens is 2. The average molecular weight is 339 g/mol. The molecule has 2 aromatic carbocycles. The predicted octanol–water partition coefficient (Wildman–Crippen LogP) is 3.19. The largest absolute Gasteiger partial charge is 0.481 e. The zero-order valence-corrected chi connectivity index (χ0v) is 12.0. The summed E-state index contributed by atoms with van der Waals surface area (Å²) >= 11 is 3.30. The minimum absolute atomic E-state index is 0.0106. The Morgan fingerprint density at radius 1 is 1.30 bits per heavy atom. The van der Waals surface area contributed by atoms with E-state index in [9.17, 15) is 9.18 Å². The maximum atomic E-state index is 13.4. The Kier molecular flexibility index (Phi) is 4.57. The van der Waals surface area contributed by atoms with E-state index in [0.29, 0.717) is 11.4 Å². The zero-order chi connectivity index (χ0) is 14.5. The van der Waals surface area contributed by atoms with Gasteiger partial charge in [0.2, 0.25) is 0 Å². The summed E-state index contributed by atoms with van der Waals surface area (Å²) in [6.45, 7) is -0.284. The third kappa shape index (κ3) is 3.96. The molecular formula is C14H12BrFN2O2. The van der Waals surface area contributed by atoms with Crippen LogP contribution in [-0.2, 0) is 4.79 Å². The highest BCUT2D eigenvalue weighted by atomic mass is 79.9. The first-order chi connectivity index (χ1) is 9.54. The maximum absolute atomic E-state index is 13.4. The highest BCUT2D eigenvalue weighted by Gasteiger charge is 2.07. The van der Waals surface area contributed by atoms with Crippen LogP contribution in [0.2, 0.25) is 0 Å². The molecule has 2 rings (SSSR count). The van der Waals surface area contributed by atoms with Crippen molar-refractivity contribution in [1.82, 2.24) is 0 Å². The summed E-state index contributed by atoms with van der Waals surface area (Å²) in [6, 6.07) is 11.2. The molecule has 0 fully saturated rings. The van der Waals surface area contributed by atoms with Gasteiger partial charge in [-0.1, -0.05) is 22.0 Å². The lowest BCUT2D eigenvalue weighted by Crippen LogP contribution is -2.20. The van der Waals surface area contributed by atoms with E-state index in [0.717, 1.165) is 10.5 Å². The lowest BCUT2D eigenvalue weighted by molar-refractivity contribution is -0.118. The first-order valence-corrected chi connectivity index (χ1v) is 6.57. The number of carbonyl (C=O) groups excluding carboxylic acids is 1. The van der Waals surface area contributed by atoms with Crippen LogP contribution in [0, 0.1) is 5.82 Å². The molecule has 0 radical (unpaired) electrons. The van der Waals surface area contributed by atoms with Gasteiger partial charge in [0, 0.05) is 21.9 Å². The van der Waals surface area contributed by atoms with Crippen LogP contribution in [-0.4, -0.2) is 12.5 Å². The zero-order valence-electron chi connectivity index (χ0n) is 10.4. The number of anilines is 2. The van der Waals surface area contributed by atoms with Gasteiger partial charge in [-0.25, -0.2) is 4.39 Å². The van der Waals surface area contributed by atoms with E-state index in [2.05, 4.69) is 21.2 Å². The number of carbonyl (C=O) groups is 1. The predicted molar refractivity (Wildman–Crippen MR) is 79.1 cm³/mol. The fourth-order valence-electron chi connectivity index (χ4n) is 1.54. The van der Waals surface area contributed by atoms with Crippen molar-refractivity contribution in [2.45, 2.75) is 0 Å². The van der Waals surface area contributed by atoms with Crippen LogP contribution in [0.4, 0.5) is 15.8 Å². The molecular weight excluding hydrogens is 327 g/mol. The summed E-state index contributed by atoms with van der Waals surface area (Å²) in [5.74, 6) is -0.983. The van der Waals surface area contributed by atoms with E-state index in [1.165, 1.54) is 12.1 Å². The van der Waals surface area contributed by atoms with E-state index in [1.807, 2.05) is 6.07 Å². The lowest BCUT2D eigenvalue weighted by Gasteiger charge is -2.08. The quantitative estimate of drug-likeness (QED) is 0.841. The molecule has 104 valence electrons. The first-order valence-electron chi connectivity index (χ1n) is 5.78. The van der Waals surface area contributed by atoms with Crippen LogP contribution in [0.1, 0.15) is 0 Å². The number of nitrogen functional groups attached to an aromatic ring is 1. The summed E-state index contributed by atoms with van der Waals surface area (Å²) in [5.41, 5.74) is 6.35. The summed E-state index contributed by atoms with van der Waals surface area (Å²) in [4.78, 5) is 11.7. The van der Waals surface area contributed by atoms with E-state index in [-0.39, 0.29) is 18.3 Å². The smallest absolute Gasteiger partial charge is 0.262 e. The molecule has 1 amide bonds. The Morgan fingerprint density at radius 3 is 2.80 bits per heavy atom. The first kappa shape index (κ1) is 14.3. The monoisotopic (exact) mass is 338 g/mol. The Morgan fingerprint density at radius 2 is 2.10 bits per heavy atom. The third-order valence-electron chi connectivity index (χ3n) is 2.42. The molecule has 0 heterocycles. The van der Waals surface area contributed by atoms with Gasteiger partial charge in [0.1, 0.15) is 0 Å². The van der Waals surface area contributed by atoms with Crippen molar-refractivity contribution in [2.24, 2.45) is 0 Å². The molecule has 2 aromatic rings. The number of ether oxygens (including phenoxy) is 1. The van der Waals surface area contributed by atoms with Gasteiger partial charge in [0.15, 0.2) is 18.2 Å². The number of rotatable bonds is 4. The Balaban J connectivity index is 1.92. The van der Waals surface area contributed by atoms with E-state index in [4.69, 9.17) is 10.5 Å². The van der Waals surface area contributed by atoms with Crippen molar-refractivity contribution in [3.05, 3.63) is 52.8 Å². The highest BCUT2D eigenvalue weighted by Crippen LogP contribution is 2.19. The molecule has 6 heteroatoms. The van der Waals surface area contributed by atoms with Crippen molar-refractivity contribution in [3.63, 3.8) is 0 Å². The SMILES string of the molecule is Nc1ccc(OCC(=O)Nc2cccc(Br)c2)c(F)c1. The Labute approximate surface area is 123 Å². The van der Waals surface area contributed by atoms with Crippen molar-refractivity contribution >= 4 is 33.2 Å². The lowest BCUT2D eigenvalue weighted by atomic mass is 10.3. The normalized spacial score (nSPS) is 10.1. The molecule has 3 N–H and O–H groups in total. The van der Waals surface area contributed by atoms with Gasteiger partial charge in [0.25, 0.3) is 5.91 Å². The Bertz CT molecular complexity index is 634. The van der Waals surface area contributed by atoms with Gasteiger partial charge in [-0.2, -0.15) is 0 Å². The van der Waals surface area contributed by atoms with E-state index >= 15 is 0 Å². The van der Waals surface area contributed by atoms with Crippen LogP contribution in [0.3, 0.4) is 0 Å². The molecule has 0 spiro atoms. The van der Waals surface area contributed by atoms with Crippen LogP contribution in [0.15, 0.2) is 46.9 Å². The summed E-state index contributed by atoms with van der Waals surface area (Å²) in [6.07, 6.45) is 0. The molecule has 0 aliphatic heterocycles. The highest BCUT2D eigenvalue weighted by molar-refractivity contribution is 9.10. The molecule has 0 saturated heterocycles. The molecule has 0 bridgehead atoms. The van der Waals surface area contributed by atoms with Crippen molar-refractivity contribution in [1.29, 1.82) is 0 Å². The van der Waals surface area contributed by atoms with Gasteiger partial charge in [-0.05, 0) is 30.3 Å². The molecule has 0 aliphatic rings. The molecule has 0 unspecified atom stereocenters. The fraction of sp³-hybridized carbons (Fsp3) is 0.0714. The minimum atomic E-state index is -0.597. The van der Waals surface area contributed by atoms with E-state index < -0.39 is 5.82 Å². The minimum Gasteiger partial charge on any atom is -0.481 e. The number of benzene rings is 2. The molecule has 0 aromatic heterocycles. The van der Waals surface area contributed by atoms with Crippen molar-refractivity contribution in [3.8, 4) is 5.75 Å². The van der Waals surface area contributed by atoms with Crippen LogP contribution < -0.4 is 15.8 Å². The average Bonchev–Trinajstić information content (AvgIpc) is 2.37. The van der Waals surface area contributed by atoms with Crippen molar-refractivity contribution < 1.29 is 13.9 Å². The molecule has 0 atom stereocenters. The fourth-order valence-corrected chi connectivity index (χ4v) is 1.94. The molecule has 4 nitrogen and oxygen atoms in total. The van der Waals surface area contributed by atoms with Crippen molar-refractivity contribution in [2.75, 3.05) is 17.7 Å². The number of nitrogens with two attached hydrogens (primary N) is 1. The standard InChI is InChI=1S/C14H12BrFN2O2/c15-9-2-1-3-11(6-9)18-14(19)8-20-13-5-4-10(17)7-12(13)16/h1-7H,8,17H2,(H,18,19). The second-order valence-electron chi connectivity index (χ2n) is 4.04. The number of hydrogen-bond donors (Lipinski definition) is 2.